The summed E-state index contributed by atoms with van der Waals surface area (Å²) in [6.07, 6.45) is 0.139. The molecule has 2 heterocycles. The van der Waals surface area contributed by atoms with Crippen LogP contribution in [0.2, 0.25) is 0 Å². The number of anilines is 1. The summed E-state index contributed by atoms with van der Waals surface area (Å²) in [5, 5.41) is 14.3. The molecule has 0 aliphatic rings. The maximum absolute atomic E-state index is 13.2. The first kappa shape index (κ1) is 26.5. The van der Waals surface area contributed by atoms with E-state index in [0.717, 1.165) is 39.7 Å². The maximum Gasteiger partial charge on any atom is 0.429 e. The molecule has 3 N–H and O–H groups in total. The molecule has 2 aromatic heterocycles. The number of fused-ring (bicyclic) bond motifs is 1. The van der Waals surface area contributed by atoms with Crippen LogP contribution in [0.3, 0.4) is 0 Å². The zero-order chi connectivity index (χ0) is 26.6. The van der Waals surface area contributed by atoms with Gasteiger partial charge in [-0.2, -0.15) is 18.3 Å². The van der Waals surface area contributed by atoms with Crippen LogP contribution in [0.5, 0.6) is 0 Å². The molecule has 0 fully saturated rings. The average Bonchev–Trinajstić information content (AvgIpc) is 3.21. The van der Waals surface area contributed by atoms with E-state index in [4.69, 9.17) is 0 Å². The average molecular weight is 498 g/mol. The van der Waals surface area contributed by atoms with Crippen molar-refractivity contribution in [3.8, 4) is 11.1 Å². The van der Waals surface area contributed by atoms with Crippen LogP contribution in [0.4, 0.5) is 18.9 Å². The van der Waals surface area contributed by atoms with Crippen LogP contribution in [0.25, 0.3) is 27.7 Å². The highest BCUT2D eigenvalue weighted by molar-refractivity contribution is 5.93. The Morgan fingerprint density at radius 1 is 1.14 bits per heavy atom. The van der Waals surface area contributed by atoms with Gasteiger partial charge in [0.2, 0.25) is 0 Å². The number of halogens is 3. The molecule has 190 valence electrons. The number of nitrogens with one attached hydrogen (secondary N) is 3. The van der Waals surface area contributed by atoms with Gasteiger partial charge in [0.1, 0.15) is 11.4 Å². The standard InChI is InChI=1S/C26H30F3N7/c1-15(2)25(26(27,28)29)31-12-16(3)32-17(4)24-22-11-19(8-9-23(22)34-35-24)20-10-21(14-30-13-20)33-18(5)36(6)7/h8-15,32-33H,4-5H2,1-3,6-7H3,(H,34,35)/b16-12+,31-25?. The third-order valence-electron chi connectivity index (χ3n) is 5.33. The van der Waals surface area contributed by atoms with E-state index < -0.39 is 17.8 Å². The highest BCUT2D eigenvalue weighted by atomic mass is 19.4. The highest BCUT2D eigenvalue weighted by Crippen LogP contribution is 2.29. The lowest BCUT2D eigenvalue weighted by Crippen LogP contribution is -2.27. The molecular weight excluding hydrogens is 467 g/mol. The van der Waals surface area contributed by atoms with Crippen LogP contribution in [-0.4, -0.2) is 46.1 Å². The molecule has 1 aromatic carbocycles. The van der Waals surface area contributed by atoms with Gasteiger partial charge in [-0.05, 0) is 30.7 Å². The van der Waals surface area contributed by atoms with Crippen molar-refractivity contribution in [2.75, 3.05) is 19.4 Å². The number of alkyl halides is 3. The van der Waals surface area contributed by atoms with Crippen LogP contribution >= 0.6 is 0 Å². The number of aliphatic imine (C=N–C) groups is 1. The van der Waals surface area contributed by atoms with Crippen molar-refractivity contribution in [2.24, 2.45) is 10.9 Å². The minimum Gasteiger partial charge on any atom is -0.365 e. The summed E-state index contributed by atoms with van der Waals surface area (Å²) in [5.74, 6) is -0.0255. The van der Waals surface area contributed by atoms with E-state index in [-0.39, 0.29) is 0 Å². The predicted octanol–water partition coefficient (Wildman–Crippen LogP) is 6.15. The third kappa shape index (κ3) is 6.32. The summed E-state index contributed by atoms with van der Waals surface area (Å²) in [4.78, 5) is 9.85. The van der Waals surface area contributed by atoms with Gasteiger partial charge in [-0.15, -0.1) is 0 Å². The molecule has 0 unspecified atom stereocenters. The van der Waals surface area contributed by atoms with Gasteiger partial charge < -0.3 is 15.5 Å². The molecule has 0 bridgehead atoms. The number of benzene rings is 1. The van der Waals surface area contributed by atoms with E-state index in [0.29, 0.717) is 17.1 Å². The summed E-state index contributed by atoms with van der Waals surface area (Å²) >= 11 is 0. The van der Waals surface area contributed by atoms with Crippen molar-refractivity contribution in [1.82, 2.24) is 25.4 Å². The van der Waals surface area contributed by atoms with Crippen molar-refractivity contribution < 1.29 is 13.2 Å². The van der Waals surface area contributed by atoms with Crippen LogP contribution < -0.4 is 10.6 Å². The van der Waals surface area contributed by atoms with Crippen LogP contribution in [0.1, 0.15) is 26.5 Å². The largest absolute Gasteiger partial charge is 0.429 e. The first-order valence-electron chi connectivity index (χ1n) is 11.2. The van der Waals surface area contributed by atoms with Crippen LogP contribution in [0.15, 0.2) is 72.5 Å². The smallest absolute Gasteiger partial charge is 0.365 e. The molecule has 7 nitrogen and oxygen atoms in total. The van der Waals surface area contributed by atoms with E-state index in [9.17, 15) is 13.2 Å². The number of H-pyrrole nitrogens is 1. The normalized spacial score (nSPS) is 12.7. The minimum atomic E-state index is -4.49. The second kappa shape index (κ2) is 10.7. The first-order valence-corrected chi connectivity index (χ1v) is 11.2. The van der Waals surface area contributed by atoms with Gasteiger partial charge >= 0.3 is 6.18 Å². The molecule has 36 heavy (non-hydrogen) atoms. The first-order chi connectivity index (χ1) is 16.9. The second-order valence-electron chi connectivity index (χ2n) is 8.84. The molecule has 0 amide bonds. The molecule has 0 aliphatic heterocycles. The maximum atomic E-state index is 13.2. The number of nitrogens with zero attached hydrogens (tertiary/aromatic N) is 4. The monoisotopic (exact) mass is 497 g/mol. The van der Waals surface area contributed by atoms with Crippen LogP contribution in [-0.2, 0) is 0 Å². The quantitative estimate of drug-likeness (QED) is 0.309. The molecule has 0 spiro atoms. The Labute approximate surface area is 208 Å². The highest BCUT2D eigenvalue weighted by Gasteiger charge is 2.37. The number of pyridine rings is 1. The van der Waals surface area contributed by atoms with Gasteiger partial charge in [0.15, 0.2) is 0 Å². The number of aromatic amines is 1. The molecule has 0 saturated carbocycles. The van der Waals surface area contributed by atoms with Gasteiger partial charge in [-0.3, -0.25) is 15.1 Å². The van der Waals surface area contributed by atoms with Gasteiger partial charge in [0, 0.05) is 49.1 Å². The van der Waals surface area contributed by atoms with E-state index in [1.165, 1.54) is 13.8 Å². The van der Waals surface area contributed by atoms with E-state index in [2.05, 4.69) is 44.0 Å². The lowest BCUT2D eigenvalue weighted by Gasteiger charge is -2.17. The Morgan fingerprint density at radius 2 is 1.86 bits per heavy atom. The zero-order valence-electron chi connectivity index (χ0n) is 21.0. The van der Waals surface area contributed by atoms with Gasteiger partial charge in [0.05, 0.1) is 28.9 Å². The summed E-state index contributed by atoms with van der Waals surface area (Å²) in [5.41, 5.74) is 3.92. The molecule has 3 aromatic rings. The Hall–Kier alpha value is -4.08. The predicted molar refractivity (Wildman–Crippen MR) is 140 cm³/mol. The Morgan fingerprint density at radius 3 is 2.50 bits per heavy atom. The summed E-state index contributed by atoms with van der Waals surface area (Å²) in [6, 6.07) is 7.78. The van der Waals surface area contributed by atoms with E-state index >= 15 is 0 Å². The van der Waals surface area contributed by atoms with Crippen molar-refractivity contribution in [3.63, 3.8) is 0 Å². The Kier molecular flexibility index (Phi) is 7.87. The van der Waals surface area contributed by atoms with Crippen molar-refractivity contribution >= 4 is 28.0 Å². The fourth-order valence-corrected chi connectivity index (χ4v) is 3.41. The van der Waals surface area contributed by atoms with E-state index in [1.807, 2.05) is 43.3 Å². The zero-order valence-corrected chi connectivity index (χ0v) is 21.0. The lowest BCUT2D eigenvalue weighted by molar-refractivity contribution is -0.0622. The number of hydrogen-bond donors (Lipinski definition) is 3. The van der Waals surface area contributed by atoms with Crippen molar-refractivity contribution in [3.05, 3.63) is 73.2 Å². The molecular formula is C26H30F3N7. The fourth-order valence-electron chi connectivity index (χ4n) is 3.41. The summed E-state index contributed by atoms with van der Waals surface area (Å²) < 4.78 is 39.5. The van der Waals surface area contributed by atoms with Gasteiger partial charge in [-0.1, -0.05) is 33.1 Å². The number of hydrogen-bond acceptors (Lipinski definition) is 6. The van der Waals surface area contributed by atoms with Crippen molar-refractivity contribution in [2.45, 2.75) is 26.9 Å². The molecule has 0 saturated heterocycles. The Bertz CT molecular complexity index is 1330. The molecule has 0 atom stereocenters. The lowest BCUT2D eigenvalue weighted by atomic mass is 10.0. The number of allylic oxidation sites excluding steroid dienone is 1. The topological polar surface area (TPSA) is 81.2 Å². The molecule has 0 aliphatic carbocycles. The minimum absolute atomic E-state index is 0.402. The fraction of sp³-hybridized carbons (Fsp3) is 0.269. The molecule has 0 radical (unpaired) electrons. The Balaban J connectivity index is 1.87. The summed E-state index contributed by atoms with van der Waals surface area (Å²) in [6.45, 7) is 12.5. The van der Waals surface area contributed by atoms with Crippen LogP contribution in [0, 0.1) is 5.92 Å². The van der Waals surface area contributed by atoms with Gasteiger partial charge in [-0.25, -0.2) is 0 Å². The molecule has 10 heteroatoms. The SMILES string of the molecule is C=C(N/C(C)=C/N=C(C(C)C)C(F)(F)F)c1n[nH]c2ccc(-c3cncc(NC(=C)N(C)C)c3)cc12. The second-order valence-corrected chi connectivity index (χ2v) is 8.84. The summed E-state index contributed by atoms with van der Waals surface area (Å²) in [7, 11) is 3.79. The van der Waals surface area contributed by atoms with E-state index in [1.54, 1.807) is 19.3 Å². The van der Waals surface area contributed by atoms with Crippen molar-refractivity contribution in [1.29, 1.82) is 0 Å². The number of rotatable bonds is 9. The third-order valence-corrected chi connectivity index (χ3v) is 5.33. The van der Waals surface area contributed by atoms with Gasteiger partial charge in [0.25, 0.3) is 0 Å². The molecule has 3 rings (SSSR count). The number of aromatic nitrogens is 3.